The molecule has 1 unspecified atom stereocenters. The quantitative estimate of drug-likeness (QED) is 0.816. The number of piperidine rings is 1. The summed E-state index contributed by atoms with van der Waals surface area (Å²) < 4.78 is 0. The van der Waals surface area contributed by atoms with E-state index in [2.05, 4.69) is 26.9 Å². The van der Waals surface area contributed by atoms with E-state index in [1.807, 2.05) is 18.3 Å². The average molecular weight is 282 g/mol. The van der Waals surface area contributed by atoms with Gasteiger partial charge in [0.05, 0.1) is 5.52 Å². The van der Waals surface area contributed by atoms with Gasteiger partial charge in [-0.2, -0.15) is 0 Å². The Labute approximate surface area is 125 Å². The van der Waals surface area contributed by atoms with Crippen molar-refractivity contribution < 1.29 is 0 Å². The van der Waals surface area contributed by atoms with Crippen molar-refractivity contribution in [2.45, 2.75) is 25.3 Å². The van der Waals surface area contributed by atoms with Gasteiger partial charge >= 0.3 is 0 Å². The van der Waals surface area contributed by atoms with Crippen molar-refractivity contribution in [2.24, 2.45) is 0 Å². The maximum absolute atomic E-state index is 5.88. The van der Waals surface area contributed by atoms with Crippen LogP contribution in [-0.4, -0.2) is 42.1 Å². The van der Waals surface area contributed by atoms with Crippen molar-refractivity contribution in [1.82, 2.24) is 9.88 Å². The predicted octanol–water partition coefficient (Wildman–Crippen LogP) is 2.49. The fourth-order valence-corrected chi connectivity index (χ4v) is 3.80. The van der Waals surface area contributed by atoms with Crippen LogP contribution in [0.25, 0.3) is 10.9 Å². The van der Waals surface area contributed by atoms with Gasteiger partial charge in [-0.25, -0.2) is 0 Å². The molecule has 4 nitrogen and oxygen atoms in total. The molecule has 2 aliphatic heterocycles. The molecule has 1 atom stereocenters. The number of aromatic nitrogens is 1. The Balaban J connectivity index is 1.67. The summed E-state index contributed by atoms with van der Waals surface area (Å²) in [6, 6.07) is 8.93. The van der Waals surface area contributed by atoms with Crippen molar-refractivity contribution in [2.75, 3.05) is 36.8 Å². The van der Waals surface area contributed by atoms with Gasteiger partial charge in [-0.1, -0.05) is 6.42 Å². The van der Waals surface area contributed by atoms with Crippen molar-refractivity contribution in [1.29, 1.82) is 0 Å². The van der Waals surface area contributed by atoms with Crippen LogP contribution in [0.2, 0.25) is 0 Å². The zero-order valence-corrected chi connectivity index (χ0v) is 12.3. The Morgan fingerprint density at radius 1 is 1.10 bits per heavy atom. The monoisotopic (exact) mass is 282 g/mol. The molecular weight excluding hydrogens is 260 g/mol. The third-order valence-corrected chi connectivity index (χ3v) is 4.92. The Bertz CT molecular complexity index is 654. The van der Waals surface area contributed by atoms with Gasteiger partial charge in [0.1, 0.15) is 0 Å². The van der Waals surface area contributed by atoms with E-state index in [1.54, 1.807) is 0 Å². The fourth-order valence-electron chi connectivity index (χ4n) is 3.80. The van der Waals surface area contributed by atoms with Gasteiger partial charge in [0.25, 0.3) is 0 Å². The third kappa shape index (κ3) is 2.33. The first-order valence-corrected chi connectivity index (χ1v) is 7.94. The molecule has 2 aliphatic rings. The summed E-state index contributed by atoms with van der Waals surface area (Å²) in [6.45, 7) is 4.72. The van der Waals surface area contributed by atoms with E-state index in [-0.39, 0.29) is 0 Å². The summed E-state index contributed by atoms with van der Waals surface area (Å²) in [5, 5.41) is 1.22. The first-order chi connectivity index (χ1) is 10.3. The molecule has 0 aliphatic carbocycles. The summed E-state index contributed by atoms with van der Waals surface area (Å²) in [6.07, 6.45) is 5.99. The van der Waals surface area contributed by atoms with Crippen LogP contribution in [0.15, 0.2) is 30.5 Å². The van der Waals surface area contributed by atoms with Gasteiger partial charge in [-0.3, -0.25) is 9.88 Å². The molecule has 110 valence electrons. The third-order valence-electron chi connectivity index (χ3n) is 4.92. The number of benzene rings is 1. The predicted molar refractivity (Wildman–Crippen MR) is 87.6 cm³/mol. The Morgan fingerprint density at radius 3 is 3.00 bits per heavy atom. The van der Waals surface area contributed by atoms with Crippen molar-refractivity contribution >= 4 is 22.3 Å². The van der Waals surface area contributed by atoms with Crippen LogP contribution in [-0.2, 0) is 0 Å². The standard InChI is InChI=1S/C17H22N4/c18-13-4-5-15-16(11-13)19-7-6-17(15)21-10-9-20-8-2-1-3-14(20)12-21/h4-7,11,14H,1-3,8-10,12,18H2. The SMILES string of the molecule is Nc1ccc2c(N3CCN4CCCCC4C3)ccnc2c1. The zero-order valence-electron chi connectivity index (χ0n) is 12.3. The molecule has 2 N–H and O–H groups in total. The Hall–Kier alpha value is -1.81. The van der Waals surface area contributed by atoms with E-state index in [0.717, 1.165) is 30.3 Å². The maximum atomic E-state index is 5.88. The maximum Gasteiger partial charge on any atom is 0.0743 e. The van der Waals surface area contributed by atoms with Crippen LogP contribution in [0.3, 0.4) is 0 Å². The number of fused-ring (bicyclic) bond motifs is 2. The second kappa shape index (κ2) is 5.19. The fraction of sp³-hybridized carbons (Fsp3) is 0.471. The van der Waals surface area contributed by atoms with Gasteiger partial charge in [0.15, 0.2) is 0 Å². The first-order valence-electron chi connectivity index (χ1n) is 7.94. The average Bonchev–Trinajstić information content (AvgIpc) is 2.53. The first kappa shape index (κ1) is 12.9. The topological polar surface area (TPSA) is 45.4 Å². The molecule has 0 bridgehead atoms. The molecule has 4 heteroatoms. The highest BCUT2D eigenvalue weighted by Crippen LogP contribution is 2.30. The lowest BCUT2D eigenvalue weighted by Crippen LogP contribution is -2.54. The van der Waals surface area contributed by atoms with Crippen molar-refractivity contribution in [3.05, 3.63) is 30.5 Å². The van der Waals surface area contributed by atoms with E-state index in [1.165, 1.54) is 43.4 Å². The van der Waals surface area contributed by atoms with E-state index < -0.39 is 0 Å². The number of pyridine rings is 1. The van der Waals surface area contributed by atoms with Crippen LogP contribution < -0.4 is 10.6 Å². The normalized spacial score (nSPS) is 23.2. The van der Waals surface area contributed by atoms with Gasteiger partial charge in [-0.05, 0) is 43.7 Å². The van der Waals surface area contributed by atoms with Crippen LogP contribution in [0.1, 0.15) is 19.3 Å². The molecule has 3 heterocycles. The molecule has 4 rings (SSSR count). The summed E-state index contributed by atoms with van der Waals surface area (Å²) in [4.78, 5) is 9.66. The molecule has 21 heavy (non-hydrogen) atoms. The lowest BCUT2D eigenvalue weighted by molar-refractivity contribution is 0.133. The minimum atomic E-state index is 0.726. The van der Waals surface area contributed by atoms with Crippen LogP contribution >= 0.6 is 0 Å². The number of nitrogens with two attached hydrogens (primary N) is 1. The highest BCUT2D eigenvalue weighted by molar-refractivity contribution is 5.93. The molecule has 2 aromatic rings. The van der Waals surface area contributed by atoms with Gasteiger partial charge in [0, 0.05) is 48.6 Å². The van der Waals surface area contributed by atoms with E-state index in [4.69, 9.17) is 5.73 Å². The van der Waals surface area contributed by atoms with E-state index in [9.17, 15) is 0 Å². The number of anilines is 2. The molecule has 1 aromatic heterocycles. The number of rotatable bonds is 1. The van der Waals surface area contributed by atoms with Gasteiger partial charge < -0.3 is 10.6 Å². The zero-order chi connectivity index (χ0) is 14.2. The summed E-state index contributed by atoms with van der Waals surface area (Å²) in [5.74, 6) is 0. The largest absolute Gasteiger partial charge is 0.399 e. The van der Waals surface area contributed by atoms with Gasteiger partial charge in [0.2, 0.25) is 0 Å². The molecular formula is C17H22N4. The van der Waals surface area contributed by atoms with Crippen molar-refractivity contribution in [3.8, 4) is 0 Å². The number of hydrogen-bond donors (Lipinski definition) is 1. The summed E-state index contributed by atoms with van der Waals surface area (Å²) in [5.41, 5.74) is 8.97. The number of nitrogen functional groups attached to an aromatic ring is 1. The minimum Gasteiger partial charge on any atom is -0.399 e. The highest BCUT2D eigenvalue weighted by Gasteiger charge is 2.29. The summed E-state index contributed by atoms with van der Waals surface area (Å²) in [7, 11) is 0. The molecule has 0 spiro atoms. The van der Waals surface area contributed by atoms with Crippen LogP contribution in [0.5, 0.6) is 0 Å². The van der Waals surface area contributed by atoms with Crippen molar-refractivity contribution in [3.63, 3.8) is 0 Å². The van der Waals surface area contributed by atoms with E-state index in [0.29, 0.717) is 0 Å². The second-order valence-electron chi connectivity index (χ2n) is 6.24. The van der Waals surface area contributed by atoms with Gasteiger partial charge in [-0.15, -0.1) is 0 Å². The van der Waals surface area contributed by atoms with Crippen LogP contribution in [0, 0.1) is 0 Å². The lowest BCUT2D eigenvalue weighted by atomic mass is 9.99. The molecule has 0 radical (unpaired) electrons. The Kier molecular flexibility index (Phi) is 3.19. The number of piperazine rings is 1. The van der Waals surface area contributed by atoms with Crippen LogP contribution in [0.4, 0.5) is 11.4 Å². The lowest BCUT2D eigenvalue weighted by Gasteiger charge is -2.45. The number of hydrogen-bond acceptors (Lipinski definition) is 4. The van der Waals surface area contributed by atoms with E-state index >= 15 is 0 Å². The Morgan fingerprint density at radius 2 is 2.05 bits per heavy atom. The smallest absolute Gasteiger partial charge is 0.0743 e. The molecule has 2 saturated heterocycles. The molecule has 2 fully saturated rings. The minimum absolute atomic E-state index is 0.726. The second-order valence-corrected chi connectivity index (χ2v) is 6.24. The molecule has 0 amide bonds. The number of nitrogens with zero attached hydrogens (tertiary/aromatic N) is 3. The molecule has 0 saturated carbocycles. The summed E-state index contributed by atoms with van der Waals surface area (Å²) >= 11 is 0. The highest BCUT2D eigenvalue weighted by atomic mass is 15.3. The molecule has 1 aromatic carbocycles.